The highest BCUT2D eigenvalue weighted by Crippen LogP contribution is 2.10. The maximum atomic E-state index is 5.61. The molecule has 0 saturated carbocycles. The lowest BCUT2D eigenvalue weighted by Crippen LogP contribution is -1.97. The van der Waals surface area contributed by atoms with E-state index in [9.17, 15) is 0 Å². The molecule has 0 N–H and O–H groups in total. The first-order valence-corrected chi connectivity index (χ1v) is 4.08. The molecule has 0 radical (unpaired) electrons. The molecule has 1 heterocycles. The van der Waals surface area contributed by atoms with Gasteiger partial charge in [0.25, 0.3) is 0 Å². The van der Waals surface area contributed by atoms with Gasteiger partial charge >= 0.3 is 0 Å². The number of aryl methyl sites for hydroxylation is 1. The molecule has 4 heteroatoms. The number of hydrogen-bond acceptors (Lipinski definition) is 1. The molecule has 0 amide bonds. The van der Waals surface area contributed by atoms with E-state index in [2.05, 4.69) is 27.7 Å². The Bertz CT molecular complexity index is 209. The van der Waals surface area contributed by atoms with Crippen LogP contribution in [0.3, 0.4) is 0 Å². The highest BCUT2D eigenvalue weighted by atomic mass is 127. The van der Waals surface area contributed by atoms with Crippen molar-refractivity contribution in [2.75, 3.05) is 0 Å². The topological polar surface area (TPSA) is 17.8 Å². The lowest BCUT2D eigenvalue weighted by molar-refractivity contribution is 0.644. The van der Waals surface area contributed by atoms with E-state index < -0.39 is 0 Å². The third-order valence-corrected chi connectivity index (χ3v) is 2.05. The van der Waals surface area contributed by atoms with Gasteiger partial charge in [0.2, 0.25) is 0 Å². The van der Waals surface area contributed by atoms with Crippen molar-refractivity contribution in [2.45, 2.75) is 13.5 Å². The summed E-state index contributed by atoms with van der Waals surface area (Å²) < 4.78 is 2.93. The normalized spacial score (nSPS) is 10.1. The minimum atomic E-state index is 0.571. The molecular formula is C5H6ClIN2. The Morgan fingerprint density at radius 3 is 2.78 bits per heavy atom. The SMILES string of the molecule is CCn1nc(Cl)cc1I. The van der Waals surface area contributed by atoms with Crippen LogP contribution in [0.2, 0.25) is 5.15 Å². The quantitative estimate of drug-likeness (QED) is 0.704. The second-order valence-electron chi connectivity index (χ2n) is 1.61. The molecule has 50 valence electrons. The molecule has 0 fully saturated rings. The summed E-state index contributed by atoms with van der Waals surface area (Å²) >= 11 is 7.80. The molecule has 0 aliphatic carbocycles. The Morgan fingerprint density at radius 2 is 2.56 bits per heavy atom. The third kappa shape index (κ3) is 1.58. The Hall–Kier alpha value is 0.230. The van der Waals surface area contributed by atoms with E-state index in [0.717, 1.165) is 10.2 Å². The van der Waals surface area contributed by atoms with Crippen LogP contribution in [0.1, 0.15) is 6.92 Å². The molecule has 0 spiro atoms. The van der Waals surface area contributed by atoms with Crippen molar-refractivity contribution in [1.82, 2.24) is 9.78 Å². The van der Waals surface area contributed by atoms with Gasteiger partial charge in [0.1, 0.15) is 3.70 Å². The van der Waals surface area contributed by atoms with Gasteiger partial charge < -0.3 is 0 Å². The van der Waals surface area contributed by atoms with Crippen LogP contribution in [0.15, 0.2) is 6.07 Å². The molecular weight excluding hydrogens is 250 g/mol. The fourth-order valence-electron chi connectivity index (χ4n) is 0.587. The molecule has 0 unspecified atom stereocenters. The lowest BCUT2D eigenvalue weighted by Gasteiger charge is -1.93. The van der Waals surface area contributed by atoms with E-state index in [1.54, 1.807) is 0 Å². The summed E-state index contributed by atoms with van der Waals surface area (Å²) in [5, 5.41) is 4.57. The average Bonchev–Trinajstić information content (AvgIpc) is 2.10. The zero-order valence-electron chi connectivity index (χ0n) is 4.93. The summed E-state index contributed by atoms with van der Waals surface area (Å²) in [6.45, 7) is 2.91. The molecule has 9 heavy (non-hydrogen) atoms. The van der Waals surface area contributed by atoms with Crippen LogP contribution in [0.25, 0.3) is 0 Å². The highest BCUT2D eigenvalue weighted by molar-refractivity contribution is 14.1. The molecule has 0 saturated heterocycles. The van der Waals surface area contributed by atoms with E-state index in [1.807, 2.05) is 17.7 Å². The molecule has 0 atom stereocenters. The summed E-state index contributed by atoms with van der Waals surface area (Å²) in [5.41, 5.74) is 0. The van der Waals surface area contributed by atoms with Crippen molar-refractivity contribution in [3.05, 3.63) is 14.9 Å². The van der Waals surface area contributed by atoms with E-state index >= 15 is 0 Å². The van der Waals surface area contributed by atoms with Crippen LogP contribution in [0, 0.1) is 3.70 Å². The first kappa shape index (κ1) is 7.34. The third-order valence-electron chi connectivity index (χ3n) is 1.00. The zero-order valence-corrected chi connectivity index (χ0v) is 7.85. The minimum Gasteiger partial charge on any atom is -0.258 e. The monoisotopic (exact) mass is 256 g/mol. The molecule has 1 aromatic heterocycles. The van der Waals surface area contributed by atoms with Gasteiger partial charge in [0.15, 0.2) is 5.15 Å². The molecule has 0 aromatic carbocycles. The van der Waals surface area contributed by atoms with E-state index in [0.29, 0.717) is 5.15 Å². The second kappa shape index (κ2) is 2.88. The molecule has 1 aromatic rings. The fraction of sp³-hybridized carbons (Fsp3) is 0.400. The average molecular weight is 256 g/mol. The first-order chi connectivity index (χ1) is 4.24. The number of halogens is 2. The number of hydrogen-bond donors (Lipinski definition) is 0. The van der Waals surface area contributed by atoms with Crippen molar-refractivity contribution in [1.29, 1.82) is 0 Å². The largest absolute Gasteiger partial charge is 0.258 e. The van der Waals surface area contributed by atoms with Crippen LogP contribution in [0.5, 0.6) is 0 Å². The van der Waals surface area contributed by atoms with E-state index in [-0.39, 0.29) is 0 Å². The van der Waals surface area contributed by atoms with Crippen molar-refractivity contribution >= 4 is 34.2 Å². The smallest absolute Gasteiger partial charge is 0.152 e. The summed E-state index contributed by atoms with van der Waals surface area (Å²) in [6.07, 6.45) is 0. The number of rotatable bonds is 1. The van der Waals surface area contributed by atoms with Gasteiger partial charge in [-0.25, -0.2) is 0 Å². The summed E-state index contributed by atoms with van der Waals surface area (Å²) in [4.78, 5) is 0. The standard InChI is InChI=1S/C5H6ClIN2/c1-2-9-5(7)3-4(6)8-9/h3H,2H2,1H3. The van der Waals surface area contributed by atoms with Crippen LogP contribution < -0.4 is 0 Å². The Morgan fingerprint density at radius 1 is 1.89 bits per heavy atom. The predicted molar refractivity (Wildman–Crippen MR) is 45.6 cm³/mol. The predicted octanol–water partition coefficient (Wildman–Crippen LogP) is 2.16. The van der Waals surface area contributed by atoms with E-state index in [4.69, 9.17) is 11.6 Å². The Labute approximate surface area is 72.3 Å². The van der Waals surface area contributed by atoms with Gasteiger partial charge in [-0.05, 0) is 29.5 Å². The molecule has 0 aliphatic heterocycles. The first-order valence-electron chi connectivity index (χ1n) is 2.63. The summed E-state index contributed by atoms with van der Waals surface area (Å²) in [7, 11) is 0. The summed E-state index contributed by atoms with van der Waals surface area (Å²) in [5.74, 6) is 0. The van der Waals surface area contributed by atoms with Crippen molar-refractivity contribution in [2.24, 2.45) is 0 Å². The fourth-order valence-corrected chi connectivity index (χ4v) is 1.71. The van der Waals surface area contributed by atoms with Gasteiger partial charge in [0, 0.05) is 12.6 Å². The van der Waals surface area contributed by atoms with Crippen molar-refractivity contribution < 1.29 is 0 Å². The van der Waals surface area contributed by atoms with Crippen LogP contribution in [-0.2, 0) is 6.54 Å². The van der Waals surface area contributed by atoms with Crippen LogP contribution in [-0.4, -0.2) is 9.78 Å². The Balaban J connectivity index is 3.01. The highest BCUT2D eigenvalue weighted by Gasteiger charge is 1.98. The lowest BCUT2D eigenvalue weighted by atomic mass is 10.7. The number of nitrogens with zero attached hydrogens (tertiary/aromatic N) is 2. The van der Waals surface area contributed by atoms with Gasteiger partial charge in [-0.15, -0.1) is 0 Å². The van der Waals surface area contributed by atoms with E-state index in [1.165, 1.54) is 0 Å². The van der Waals surface area contributed by atoms with Crippen molar-refractivity contribution in [3.8, 4) is 0 Å². The van der Waals surface area contributed by atoms with Crippen LogP contribution >= 0.6 is 34.2 Å². The Kier molecular flexibility index (Phi) is 2.35. The second-order valence-corrected chi connectivity index (χ2v) is 3.10. The van der Waals surface area contributed by atoms with Gasteiger partial charge in [0.05, 0.1) is 0 Å². The van der Waals surface area contributed by atoms with Crippen molar-refractivity contribution in [3.63, 3.8) is 0 Å². The minimum absolute atomic E-state index is 0.571. The van der Waals surface area contributed by atoms with Gasteiger partial charge in [-0.1, -0.05) is 11.6 Å². The maximum absolute atomic E-state index is 5.61. The number of aromatic nitrogens is 2. The molecule has 1 rings (SSSR count). The van der Waals surface area contributed by atoms with Crippen LogP contribution in [0.4, 0.5) is 0 Å². The molecule has 0 aliphatic rings. The van der Waals surface area contributed by atoms with Gasteiger partial charge in [-0.2, -0.15) is 5.10 Å². The molecule has 0 bridgehead atoms. The zero-order chi connectivity index (χ0) is 6.85. The maximum Gasteiger partial charge on any atom is 0.152 e. The summed E-state index contributed by atoms with van der Waals surface area (Å²) in [6, 6.07) is 1.84. The van der Waals surface area contributed by atoms with Gasteiger partial charge in [-0.3, -0.25) is 4.68 Å². The molecule has 2 nitrogen and oxygen atoms in total.